The zero-order valence-corrected chi connectivity index (χ0v) is 9.21. The first-order valence-corrected chi connectivity index (χ1v) is 5.21. The Bertz CT molecular complexity index is 268. The summed E-state index contributed by atoms with van der Waals surface area (Å²) in [6.07, 6.45) is 2.16. The number of amides is 1. The number of rotatable bonds is 5. The number of allylic oxidation sites excluding steroid dienone is 1. The van der Waals surface area contributed by atoms with Gasteiger partial charge in [0, 0.05) is 12.5 Å². The smallest absolute Gasteiger partial charge is 0.322 e. The maximum atomic E-state index is 11.8. The summed E-state index contributed by atoms with van der Waals surface area (Å²) in [5.74, 6) is -0.752. The van der Waals surface area contributed by atoms with Crippen LogP contribution in [0.2, 0.25) is 0 Å². The summed E-state index contributed by atoms with van der Waals surface area (Å²) >= 11 is 0. The highest BCUT2D eigenvalue weighted by Crippen LogP contribution is 2.54. The van der Waals surface area contributed by atoms with E-state index in [1.807, 2.05) is 6.92 Å². The van der Waals surface area contributed by atoms with Crippen molar-refractivity contribution >= 4 is 11.9 Å². The highest BCUT2D eigenvalue weighted by Gasteiger charge is 2.65. The number of esters is 1. The number of ether oxygens (including phenoxy) is 1. The maximum Gasteiger partial charge on any atom is 0.322 e. The van der Waals surface area contributed by atoms with Crippen LogP contribution in [-0.2, 0) is 14.3 Å². The molecule has 1 rings (SSSR count). The first kappa shape index (κ1) is 11.8. The highest BCUT2D eigenvalue weighted by atomic mass is 16.5. The zero-order chi connectivity index (χ0) is 11.5. The molecule has 0 aromatic heterocycles. The molecule has 2 unspecified atom stereocenters. The third-order valence-corrected chi connectivity index (χ3v) is 2.68. The minimum Gasteiger partial charge on any atom is -0.465 e. The Morgan fingerprint density at radius 2 is 2.27 bits per heavy atom. The van der Waals surface area contributed by atoms with Crippen LogP contribution in [-0.4, -0.2) is 25.0 Å². The van der Waals surface area contributed by atoms with Crippen LogP contribution >= 0.6 is 0 Å². The van der Waals surface area contributed by atoms with E-state index in [-0.39, 0.29) is 11.8 Å². The summed E-state index contributed by atoms with van der Waals surface area (Å²) in [6, 6.07) is 0. The Morgan fingerprint density at radius 1 is 1.60 bits per heavy atom. The second kappa shape index (κ2) is 4.47. The minimum atomic E-state index is -0.992. The van der Waals surface area contributed by atoms with Gasteiger partial charge in [-0.05, 0) is 20.3 Å². The summed E-state index contributed by atoms with van der Waals surface area (Å²) in [5.41, 5.74) is -0.992. The van der Waals surface area contributed by atoms with Crippen LogP contribution in [0, 0.1) is 11.3 Å². The van der Waals surface area contributed by atoms with Crippen molar-refractivity contribution < 1.29 is 14.3 Å². The van der Waals surface area contributed by atoms with Crippen molar-refractivity contribution in [3.63, 3.8) is 0 Å². The van der Waals surface area contributed by atoms with Gasteiger partial charge in [0.1, 0.15) is 0 Å². The Balaban J connectivity index is 2.77. The quantitative estimate of drug-likeness (QED) is 0.417. The van der Waals surface area contributed by atoms with E-state index in [1.165, 1.54) is 0 Å². The van der Waals surface area contributed by atoms with E-state index in [2.05, 4.69) is 11.9 Å². The normalized spacial score (nSPS) is 28.0. The van der Waals surface area contributed by atoms with Crippen molar-refractivity contribution in [3.8, 4) is 0 Å². The fourth-order valence-electron chi connectivity index (χ4n) is 1.74. The summed E-state index contributed by atoms with van der Waals surface area (Å²) < 4.78 is 4.92. The fraction of sp³-hybridized carbons (Fsp3) is 0.636. The van der Waals surface area contributed by atoms with Crippen LogP contribution in [0.15, 0.2) is 12.7 Å². The molecule has 1 fully saturated rings. The molecule has 1 aliphatic carbocycles. The van der Waals surface area contributed by atoms with Crippen molar-refractivity contribution in [2.45, 2.75) is 20.3 Å². The Hall–Kier alpha value is -1.32. The molecule has 15 heavy (non-hydrogen) atoms. The molecule has 0 radical (unpaired) electrons. The molecule has 1 saturated carbocycles. The second-order valence-corrected chi connectivity index (χ2v) is 3.60. The van der Waals surface area contributed by atoms with E-state index in [0.717, 1.165) is 0 Å². The number of nitrogens with one attached hydrogen (secondary N) is 1. The molecule has 2 atom stereocenters. The largest absolute Gasteiger partial charge is 0.465 e. The van der Waals surface area contributed by atoms with Crippen LogP contribution in [0.5, 0.6) is 0 Å². The van der Waals surface area contributed by atoms with Gasteiger partial charge in [-0.25, -0.2) is 0 Å². The third-order valence-electron chi connectivity index (χ3n) is 2.68. The van der Waals surface area contributed by atoms with Gasteiger partial charge >= 0.3 is 5.97 Å². The number of hydrogen-bond acceptors (Lipinski definition) is 3. The van der Waals surface area contributed by atoms with Gasteiger partial charge in [0.05, 0.1) is 6.61 Å². The maximum absolute atomic E-state index is 11.8. The van der Waals surface area contributed by atoms with E-state index < -0.39 is 11.4 Å². The molecule has 0 heterocycles. The molecular formula is C11H17NO3. The van der Waals surface area contributed by atoms with Gasteiger partial charge in [0.25, 0.3) is 0 Å². The van der Waals surface area contributed by atoms with Gasteiger partial charge in [0.2, 0.25) is 5.91 Å². The Kier molecular flexibility index (Phi) is 3.50. The minimum absolute atomic E-state index is 0.0805. The second-order valence-electron chi connectivity index (χ2n) is 3.60. The fourth-order valence-corrected chi connectivity index (χ4v) is 1.74. The number of carbonyl (C=O) groups excluding carboxylic acids is 2. The van der Waals surface area contributed by atoms with Crippen LogP contribution in [0.1, 0.15) is 20.3 Å². The Labute approximate surface area is 89.7 Å². The van der Waals surface area contributed by atoms with Crippen molar-refractivity contribution in [2.24, 2.45) is 11.3 Å². The lowest BCUT2D eigenvalue weighted by Crippen LogP contribution is -2.39. The average Bonchev–Trinajstić information content (AvgIpc) is 2.94. The molecular weight excluding hydrogens is 194 g/mol. The summed E-state index contributed by atoms with van der Waals surface area (Å²) in [6.45, 7) is 7.98. The monoisotopic (exact) mass is 211 g/mol. The van der Waals surface area contributed by atoms with Gasteiger partial charge in [-0.15, -0.1) is 6.58 Å². The predicted octanol–water partition coefficient (Wildman–Crippen LogP) is 0.878. The molecule has 1 N–H and O–H groups in total. The molecule has 4 nitrogen and oxygen atoms in total. The molecule has 1 aliphatic rings. The molecule has 0 spiro atoms. The van der Waals surface area contributed by atoms with E-state index in [9.17, 15) is 9.59 Å². The van der Waals surface area contributed by atoms with Crippen LogP contribution < -0.4 is 5.32 Å². The van der Waals surface area contributed by atoms with Gasteiger partial charge in [0.15, 0.2) is 5.41 Å². The van der Waals surface area contributed by atoms with Crippen LogP contribution in [0.25, 0.3) is 0 Å². The zero-order valence-electron chi connectivity index (χ0n) is 9.21. The van der Waals surface area contributed by atoms with E-state index >= 15 is 0 Å². The molecule has 0 aliphatic heterocycles. The first-order valence-electron chi connectivity index (χ1n) is 5.21. The standard InChI is InChI=1S/C11H17NO3/c1-4-8-7-11(8,9(13)12-5-2)10(14)15-6-3/h4,8H,1,5-7H2,2-3H3,(H,12,13). The van der Waals surface area contributed by atoms with Crippen LogP contribution in [0.4, 0.5) is 0 Å². The lowest BCUT2D eigenvalue weighted by molar-refractivity contribution is -0.154. The summed E-state index contributed by atoms with van der Waals surface area (Å²) in [5, 5.41) is 2.66. The molecule has 84 valence electrons. The summed E-state index contributed by atoms with van der Waals surface area (Å²) in [7, 11) is 0. The Morgan fingerprint density at radius 3 is 2.67 bits per heavy atom. The highest BCUT2D eigenvalue weighted by molar-refractivity contribution is 6.06. The van der Waals surface area contributed by atoms with Crippen molar-refractivity contribution in [1.82, 2.24) is 5.32 Å². The van der Waals surface area contributed by atoms with Gasteiger partial charge in [-0.1, -0.05) is 6.08 Å². The topological polar surface area (TPSA) is 55.4 Å². The number of hydrogen-bond donors (Lipinski definition) is 1. The van der Waals surface area contributed by atoms with Crippen molar-refractivity contribution in [1.29, 1.82) is 0 Å². The van der Waals surface area contributed by atoms with Crippen molar-refractivity contribution in [2.75, 3.05) is 13.2 Å². The van der Waals surface area contributed by atoms with Gasteiger partial charge in [-0.3, -0.25) is 9.59 Å². The lowest BCUT2D eigenvalue weighted by atomic mass is 10.0. The third kappa shape index (κ3) is 1.89. The number of carbonyl (C=O) groups is 2. The van der Waals surface area contributed by atoms with E-state index in [0.29, 0.717) is 19.6 Å². The first-order chi connectivity index (χ1) is 7.13. The molecule has 4 heteroatoms. The van der Waals surface area contributed by atoms with Crippen molar-refractivity contribution in [3.05, 3.63) is 12.7 Å². The molecule has 1 amide bonds. The van der Waals surface area contributed by atoms with Crippen LogP contribution in [0.3, 0.4) is 0 Å². The van der Waals surface area contributed by atoms with Gasteiger partial charge < -0.3 is 10.1 Å². The molecule has 0 saturated heterocycles. The average molecular weight is 211 g/mol. The molecule has 0 bridgehead atoms. The van der Waals surface area contributed by atoms with E-state index in [4.69, 9.17) is 4.74 Å². The lowest BCUT2D eigenvalue weighted by Gasteiger charge is -2.14. The summed E-state index contributed by atoms with van der Waals surface area (Å²) in [4.78, 5) is 23.4. The van der Waals surface area contributed by atoms with Gasteiger partial charge in [-0.2, -0.15) is 0 Å². The molecule has 0 aromatic carbocycles. The SMILES string of the molecule is C=CC1CC1(C(=O)NCC)C(=O)OCC. The molecule has 0 aromatic rings. The predicted molar refractivity (Wildman–Crippen MR) is 56.1 cm³/mol. The van der Waals surface area contributed by atoms with E-state index in [1.54, 1.807) is 13.0 Å².